The lowest BCUT2D eigenvalue weighted by atomic mass is 10.1. The van der Waals surface area contributed by atoms with E-state index in [2.05, 4.69) is 56.2 Å². The van der Waals surface area contributed by atoms with E-state index in [0.29, 0.717) is 19.6 Å². The summed E-state index contributed by atoms with van der Waals surface area (Å²) in [6.07, 6.45) is 1.33. The molecule has 0 N–H and O–H groups in total. The van der Waals surface area contributed by atoms with Crippen molar-refractivity contribution in [3.63, 3.8) is 0 Å². The van der Waals surface area contributed by atoms with Crippen molar-refractivity contribution in [1.29, 1.82) is 0 Å². The van der Waals surface area contributed by atoms with Crippen molar-refractivity contribution < 1.29 is 18.5 Å². The summed E-state index contributed by atoms with van der Waals surface area (Å²) in [7, 11) is 1.68. The highest BCUT2D eigenvalue weighted by Gasteiger charge is 2.38. The fourth-order valence-electron chi connectivity index (χ4n) is 4.23. The highest BCUT2D eigenvalue weighted by atomic mass is 32.2. The molecule has 0 aliphatic carbocycles. The highest BCUT2D eigenvalue weighted by Crippen LogP contribution is 2.34. The number of carbonyl (C=O) groups excluding carboxylic acids is 1. The molecule has 200 valence electrons. The van der Waals surface area contributed by atoms with Crippen LogP contribution in [0.15, 0.2) is 24.4 Å². The molecule has 0 saturated carbocycles. The van der Waals surface area contributed by atoms with Crippen LogP contribution in [0.2, 0.25) is 0 Å². The maximum atomic E-state index is 13.1. The second-order valence-corrected chi connectivity index (χ2v) is 12.9. The smallest absolute Gasteiger partial charge is 0.410 e. The topological polar surface area (TPSA) is 69.1 Å². The number of ether oxygens (including phenoxy) is 2. The standard InChI is InChI=1S/C27H42N4O4S/c1-18-11-12-19(2)31(18)24-15-23(33-10)21(16-28-24)29-13-14-30(25(32)34-26(4,5)6)22(17-29)20(3)35-36-27(7,8)9/h11-12,15-16,20,22H,13-14,17H2,1-10H3/t20-,22?/m0/s1. The largest absolute Gasteiger partial charge is 0.494 e. The maximum absolute atomic E-state index is 13.1. The number of carbonyl (C=O) groups is 1. The lowest BCUT2D eigenvalue weighted by molar-refractivity contribution is 0.000504. The van der Waals surface area contributed by atoms with E-state index in [-0.39, 0.29) is 23.0 Å². The van der Waals surface area contributed by atoms with Crippen LogP contribution in [0.4, 0.5) is 10.5 Å². The van der Waals surface area contributed by atoms with E-state index in [1.807, 2.05) is 40.0 Å². The fraction of sp³-hybridized carbons (Fsp3) is 0.630. The first-order valence-corrected chi connectivity index (χ1v) is 13.2. The second kappa shape index (κ2) is 10.9. The van der Waals surface area contributed by atoms with Gasteiger partial charge in [-0.1, -0.05) is 0 Å². The molecule has 0 aromatic carbocycles. The Morgan fingerprint density at radius 2 is 1.75 bits per heavy atom. The number of aryl methyl sites for hydroxylation is 2. The predicted octanol–water partition coefficient (Wildman–Crippen LogP) is 5.78. The molecule has 1 aliphatic heterocycles. The summed E-state index contributed by atoms with van der Waals surface area (Å²) in [5, 5.41) is 0. The Morgan fingerprint density at radius 3 is 2.31 bits per heavy atom. The van der Waals surface area contributed by atoms with Crippen LogP contribution in [0.25, 0.3) is 5.82 Å². The van der Waals surface area contributed by atoms with E-state index in [1.165, 1.54) is 12.0 Å². The quantitative estimate of drug-likeness (QED) is 0.449. The van der Waals surface area contributed by atoms with Gasteiger partial charge in [0.15, 0.2) is 0 Å². The summed E-state index contributed by atoms with van der Waals surface area (Å²) in [5.41, 5.74) is 2.56. The third-order valence-corrected chi connectivity index (χ3v) is 6.83. The molecule has 3 rings (SSSR count). The lowest BCUT2D eigenvalue weighted by Gasteiger charge is -2.44. The van der Waals surface area contributed by atoms with E-state index in [1.54, 1.807) is 12.0 Å². The third-order valence-electron chi connectivity index (χ3n) is 5.93. The van der Waals surface area contributed by atoms with Gasteiger partial charge in [0.1, 0.15) is 17.2 Å². The minimum absolute atomic E-state index is 0.0585. The monoisotopic (exact) mass is 518 g/mol. The van der Waals surface area contributed by atoms with Crippen LogP contribution in [0.3, 0.4) is 0 Å². The summed E-state index contributed by atoms with van der Waals surface area (Å²) in [6.45, 7) is 19.8. The molecule has 3 heterocycles. The normalized spacial score (nSPS) is 17.8. The number of piperazine rings is 1. The Labute approximate surface area is 220 Å². The van der Waals surface area contributed by atoms with Gasteiger partial charge in [-0.3, -0.25) is 4.90 Å². The first-order valence-electron chi connectivity index (χ1n) is 12.5. The Morgan fingerprint density at radius 1 is 1.11 bits per heavy atom. The molecular weight excluding hydrogens is 476 g/mol. The summed E-state index contributed by atoms with van der Waals surface area (Å²) >= 11 is 1.43. The van der Waals surface area contributed by atoms with Crippen LogP contribution >= 0.6 is 12.0 Å². The van der Waals surface area contributed by atoms with Gasteiger partial charge in [-0.15, -0.1) is 0 Å². The molecule has 2 aromatic heterocycles. The van der Waals surface area contributed by atoms with Gasteiger partial charge in [0, 0.05) is 41.8 Å². The first kappa shape index (κ1) is 28.2. The SMILES string of the molecule is COc1cc(-n2c(C)ccc2C)ncc1N1CCN(C(=O)OC(C)(C)C)C([C@H](C)OSC(C)(C)C)C1. The van der Waals surface area contributed by atoms with Gasteiger partial charge in [0.2, 0.25) is 0 Å². The van der Waals surface area contributed by atoms with Gasteiger partial charge in [-0.2, -0.15) is 0 Å². The first-order chi connectivity index (χ1) is 16.7. The van der Waals surface area contributed by atoms with Crippen LogP contribution < -0.4 is 9.64 Å². The van der Waals surface area contributed by atoms with Gasteiger partial charge in [0.25, 0.3) is 0 Å². The van der Waals surface area contributed by atoms with Crippen molar-refractivity contribution in [3.8, 4) is 11.6 Å². The summed E-state index contributed by atoms with van der Waals surface area (Å²) in [4.78, 5) is 21.9. The number of methoxy groups -OCH3 is 1. The van der Waals surface area contributed by atoms with Crippen molar-refractivity contribution in [2.75, 3.05) is 31.6 Å². The molecule has 0 radical (unpaired) electrons. The Kier molecular flexibility index (Phi) is 8.55. The van der Waals surface area contributed by atoms with Crippen LogP contribution in [0.1, 0.15) is 59.9 Å². The van der Waals surface area contributed by atoms with Gasteiger partial charge in [-0.05, 0) is 86.5 Å². The van der Waals surface area contributed by atoms with E-state index in [4.69, 9.17) is 18.6 Å². The molecule has 0 spiro atoms. The van der Waals surface area contributed by atoms with Crippen LogP contribution in [0, 0.1) is 13.8 Å². The lowest BCUT2D eigenvalue weighted by Crippen LogP contribution is -2.60. The molecule has 1 aliphatic rings. The highest BCUT2D eigenvalue weighted by molar-refractivity contribution is 7.96. The zero-order valence-corrected chi connectivity index (χ0v) is 24.2. The van der Waals surface area contributed by atoms with Crippen LogP contribution in [-0.4, -0.2) is 69.8 Å². The van der Waals surface area contributed by atoms with E-state index in [0.717, 1.165) is 28.6 Å². The molecule has 8 nitrogen and oxygen atoms in total. The minimum atomic E-state index is -0.569. The Bertz CT molecular complexity index is 1040. The molecule has 9 heteroatoms. The van der Waals surface area contributed by atoms with Crippen molar-refractivity contribution in [2.24, 2.45) is 0 Å². The van der Waals surface area contributed by atoms with Gasteiger partial charge < -0.3 is 23.1 Å². The molecule has 1 amide bonds. The molecule has 2 aromatic rings. The molecule has 1 saturated heterocycles. The number of nitrogens with zero attached hydrogens (tertiary/aromatic N) is 4. The average molecular weight is 519 g/mol. The summed E-state index contributed by atoms with van der Waals surface area (Å²) in [5.74, 6) is 1.56. The molecule has 0 bridgehead atoms. The van der Waals surface area contributed by atoms with E-state index in [9.17, 15) is 4.79 Å². The Hall–Kier alpha value is -2.39. The molecular formula is C27H42N4O4S. The minimum Gasteiger partial charge on any atom is -0.494 e. The van der Waals surface area contributed by atoms with Crippen LogP contribution in [0.5, 0.6) is 5.75 Å². The third kappa shape index (κ3) is 6.88. The summed E-state index contributed by atoms with van der Waals surface area (Å²) in [6, 6.07) is 5.92. The number of hydrogen-bond acceptors (Lipinski definition) is 7. The van der Waals surface area contributed by atoms with Crippen LogP contribution in [-0.2, 0) is 8.92 Å². The average Bonchev–Trinajstić information content (AvgIpc) is 3.12. The second-order valence-electron chi connectivity index (χ2n) is 11.4. The van der Waals surface area contributed by atoms with Gasteiger partial charge in [-0.25, -0.2) is 9.78 Å². The molecule has 1 fully saturated rings. The molecule has 1 unspecified atom stereocenters. The van der Waals surface area contributed by atoms with Crippen molar-refractivity contribution in [1.82, 2.24) is 14.5 Å². The Balaban J connectivity index is 1.89. The predicted molar refractivity (Wildman–Crippen MR) is 146 cm³/mol. The van der Waals surface area contributed by atoms with E-state index < -0.39 is 5.60 Å². The fourth-order valence-corrected chi connectivity index (χ4v) is 4.80. The van der Waals surface area contributed by atoms with Crippen molar-refractivity contribution >= 4 is 23.8 Å². The number of aromatic nitrogens is 2. The number of hydrogen-bond donors (Lipinski definition) is 0. The zero-order valence-electron chi connectivity index (χ0n) is 23.4. The number of anilines is 1. The maximum Gasteiger partial charge on any atom is 0.410 e. The zero-order chi connectivity index (χ0) is 26.8. The van der Waals surface area contributed by atoms with Crippen molar-refractivity contribution in [3.05, 3.63) is 35.8 Å². The number of pyridine rings is 1. The van der Waals surface area contributed by atoms with E-state index >= 15 is 0 Å². The number of rotatable bonds is 6. The molecule has 36 heavy (non-hydrogen) atoms. The van der Waals surface area contributed by atoms with Crippen molar-refractivity contribution in [2.45, 2.75) is 84.8 Å². The number of amides is 1. The molecule has 2 atom stereocenters. The summed E-state index contributed by atoms with van der Waals surface area (Å²) < 4.78 is 19.8. The van der Waals surface area contributed by atoms with Gasteiger partial charge >= 0.3 is 6.09 Å². The van der Waals surface area contributed by atoms with Gasteiger partial charge in [0.05, 0.1) is 31.1 Å².